The molecule has 0 radical (unpaired) electrons. The van der Waals surface area contributed by atoms with Crippen LogP contribution in [0, 0.1) is 0 Å². The van der Waals surface area contributed by atoms with Gasteiger partial charge in [0.05, 0.1) is 11.6 Å². The van der Waals surface area contributed by atoms with Gasteiger partial charge in [-0.25, -0.2) is 4.79 Å². The van der Waals surface area contributed by atoms with Crippen LogP contribution >= 0.6 is 23.2 Å². The van der Waals surface area contributed by atoms with Gasteiger partial charge in [-0.2, -0.15) is 0 Å². The van der Waals surface area contributed by atoms with Crippen molar-refractivity contribution in [1.82, 2.24) is 5.32 Å². The number of ether oxygens (including phenoxy) is 1. The second-order valence-corrected chi connectivity index (χ2v) is 5.81. The maximum absolute atomic E-state index is 11.9. The molecule has 2 aromatic rings. The average Bonchev–Trinajstić information content (AvgIpc) is 2.52. The van der Waals surface area contributed by atoms with Crippen molar-refractivity contribution in [3.05, 3.63) is 69.7 Å². The molecule has 0 saturated heterocycles. The summed E-state index contributed by atoms with van der Waals surface area (Å²) in [7, 11) is 0. The zero-order chi connectivity index (χ0) is 16.8. The Morgan fingerprint density at radius 1 is 1.09 bits per heavy atom. The number of benzene rings is 2. The number of hydrogen-bond donors (Lipinski definition) is 1. The molecule has 0 aliphatic carbocycles. The number of halogens is 2. The first-order chi connectivity index (χ1) is 11.0. The first-order valence-electron chi connectivity index (χ1n) is 6.93. The molecule has 1 amide bonds. The highest BCUT2D eigenvalue weighted by atomic mass is 35.5. The largest absolute Gasteiger partial charge is 0.452 e. The zero-order valence-electron chi connectivity index (χ0n) is 12.4. The summed E-state index contributed by atoms with van der Waals surface area (Å²) < 4.78 is 4.97. The van der Waals surface area contributed by atoms with Crippen LogP contribution in [0.2, 0.25) is 10.0 Å². The number of esters is 1. The van der Waals surface area contributed by atoms with Crippen molar-refractivity contribution in [2.75, 3.05) is 6.61 Å². The molecule has 0 unspecified atom stereocenters. The summed E-state index contributed by atoms with van der Waals surface area (Å²) in [6, 6.07) is 13.7. The van der Waals surface area contributed by atoms with Crippen molar-refractivity contribution >= 4 is 35.1 Å². The van der Waals surface area contributed by atoms with E-state index in [1.807, 2.05) is 37.3 Å². The summed E-state index contributed by atoms with van der Waals surface area (Å²) in [5, 5.41) is 3.41. The fraction of sp³-hybridized carbons (Fsp3) is 0.176. The minimum atomic E-state index is -0.656. The van der Waals surface area contributed by atoms with Gasteiger partial charge in [0.15, 0.2) is 6.61 Å². The Kier molecular flexibility index (Phi) is 6.02. The molecule has 2 aromatic carbocycles. The van der Waals surface area contributed by atoms with Crippen LogP contribution in [0.25, 0.3) is 0 Å². The average molecular weight is 352 g/mol. The predicted octanol–water partition coefficient (Wildman–Crippen LogP) is 4.03. The number of nitrogens with one attached hydrogen (secondary N) is 1. The lowest BCUT2D eigenvalue weighted by atomic mass is 10.1. The highest BCUT2D eigenvalue weighted by Gasteiger charge is 2.14. The fourth-order valence-corrected chi connectivity index (χ4v) is 2.52. The van der Waals surface area contributed by atoms with Gasteiger partial charge in [0.25, 0.3) is 5.91 Å². The van der Waals surface area contributed by atoms with E-state index < -0.39 is 5.97 Å². The van der Waals surface area contributed by atoms with Crippen LogP contribution in [0.15, 0.2) is 48.5 Å². The monoisotopic (exact) mass is 351 g/mol. The summed E-state index contributed by atoms with van der Waals surface area (Å²) in [6.07, 6.45) is 0. The predicted molar refractivity (Wildman–Crippen MR) is 89.7 cm³/mol. The van der Waals surface area contributed by atoms with E-state index in [-0.39, 0.29) is 24.1 Å². The maximum Gasteiger partial charge on any atom is 0.338 e. The van der Waals surface area contributed by atoms with Crippen LogP contribution in [0.4, 0.5) is 0 Å². The topological polar surface area (TPSA) is 55.4 Å². The van der Waals surface area contributed by atoms with Gasteiger partial charge in [-0.15, -0.1) is 0 Å². The lowest BCUT2D eigenvalue weighted by molar-refractivity contribution is -0.124. The second kappa shape index (κ2) is 7.99. The van der Waals surface area contributed by atoms with Crippen LogP contribution < -0.4 is 5.32 Å². The zero-order valence-corrected chi connectivity index (χ0v) is 13.9. The highest BCUT2D eigenvalue weighted by Crippen LogP contribution is 2.19. The van der Waals surface area contributed by atoms with Crippen LogP contribution in [-0.2, 0) is 9.53 Å². The van der Waals surface area contributed by atoms with Crippen molar-refractivity contribution in [2.24, 2.45) is 0 Å². The molecule has 0 aromatic heterocycles. The summed E-state index contributed by atoms with van der Waals surface area (Å²) >= 11 is 11.6. The summed E-state index contributed by atoms with van der Waals surface area (Å²) in [4.78, 5) is 23.7. The van der Waals surface area contributed by atoms with Crippen LogP contribution in [0.5, 0.6) is 0 Å². The molecule has 23 heavy (non-hydrogen) atoms. The lowest BCUT2D eigenvalue weighted by Gasteiger charge is -2.14. The fourth-order valence-electron chi connectivity index (χ4n) is 1.99. The Morgan fingerprint density at radius 3 is 2.30 bits per heavy atom. The molecule has 0 fully saturated rings. The van der Waals surface area contributed by atoms with E-state index >= 15 is 0 Å². The number of rotatable bonds is 5. The number of carbonyl (C=O) groups excluding carboxylic acids is 2. The molecule has 1 N–H and O–H groups in total. The van der Waals surface area contributed by atoms with Crippen LogP contribution in [0.1, 0.15) is 28.9 Å². The third-order valence-corrected chi connectivity index (χ3v) is 3.55. The first kappa shape index (κ1) is 17.3. The molecule has 6 heteroatoms. The van der Waals surface area contributed by atoms with Gasteiger partial charge < -0.3 is 10.1 Å². The Labute approximate surface area is 144 Å². The van der Waals surface area contributed by atoms with Gasteiger partial charge in [0, 0.05) is 10.0 Å². The Morgan fingerprint density at radius 2 is 1.70 bits per heavy atom. The van der Waals surface area contributed by atoms with Crippen molar-refractivity contribution in [3.63, 3.8) is 0 Å². The summed E-state index contributed by atoms with van der Waals surface area (Å²) in [6.45, 7) is 1.48. The van der Waals surface area contributed by atoms with Gasteiger partial charge in [-0.3, -0.25) is 4.79 Å². The van der Waals surface area contributed by atoms with Crippen molar-refractivity contribution < 1.29 is 14.3 Å². The van der Waals surface area contributed by atoms with Gasteiger partial charge >= 0.3 is 5.97 Å². The molecular weight excluding hydrogens is 337 g/mol. The van der Waals surface area contributed by atoms with E-state index in [0.29, 0.717) is 10.0 Å². The van der Waals surface area contributed by atoms with E-state index in [2.05, 4.69) is 5.32 Å². The lowest BCUT2D eigenvalue weighted by Crippen LogP contribution is -2.31. The smallest absolute Gasteiger partial charge is 0.338 e. The third kappa shape index (κ3) is 5.27. The molecule has 0 bridgehead atoms. The maximum atomic E-state index is 11.9. The van der Waals surface area contributed by atoms with Crippen molar-refractivity contribution in [2.45, 2.75) is 13.0 Å². The van der Waals surface area contributed by atoms with Gasteiger partial charge in [0.2, 0.25) is 0 Å². The summed E-state index contributed by atoms with van der Waals surface area (Å²) in [5.41, 5.74) is 1.17. The van der Waals surface area contributed by atoms with E-state index in [1.165, 1.54) is 18.2 Å². The normalized spacial score (nSPS) is 11.6. The second-order valence-electron chi connectivity index (χ2n) is 4.93. The molecule has 0 aliphatic rings. The highest BCUT2D eigenvalue weighted by molar-refractivity contribution is 6.35. The molecule has 4 nitrogen and oxygen atoms in total. The molecule has 0 saturated carbocycles. The van der Waals surface area contributed by atoms with Gasteiger partial charge in [-0.05, 0) is 30.7 Å². The Bertz CT molecular complexity index is 684. The van der Waals surface area contributed by atoms with Crippen molar-refractivity contribution in [3.8, 4) is 0 Å². The molecule has 2 rings (SSSR count). The van der Waals surface area contributed by atoms with Crippen LogP contribution in [0.3, 0.4) is 0 Å². The first-order valence-corrected chi connectivity index (χ1v) is 7.69. The number of amides is 1. The standard InChI is InChI=1S/C17H15Cl2NO3/c1-11(12-5-3-2-4-6-12)20-16(21)10-23-17(22)13-7-14(18)9-15(19)8-13/h2-9,11H,10H2,1H3,(H,20,21)/t11-/m0/s1. The van der Waals surface area contributed by atoms with E-state index in [0.717, 1.165) is 5.56 Å². The van der Waals surface area contributed by atoms with Gasteiger partial charge in [0.1, 0.15) is 0 Å². The molecule has 0 aliphatic heterocycles. The SMILES string of the molecule is C[C@H](NC(=O)COC(=O)c1cc(Cl)cc(Cl)c1)c1ccccc1. The van der Waals surface area contributed by atoms with E-state index in [4.69, 9.17) is 27.9 Å². The minimum Gasteiger partial charge on any atom is -0.452 e. The molecule has 0 spiro atoms. The molecule has 120 valence electrons. The molecule has 0 heterocycles. The third-order valence-electron chi connectivity index (χ3n) is 3.11. The molecular formula is C17H15Cl2NO3. The van der Waals surface area contributed by atoms with Crippen molar-refractivity contribution in [1.29, 1.82) is 0 Å². The van der Waals surface area contributed by atoms with Gasteiger partial charge in [-0.1, -0.05) is 53.5 Å². The summed E-state index contributed by atoms with van der Waals surface area (Å²) in [5.74, 6) is -1.04. The van der Waals surface area contributed by atoms with E-state index in [1.54, 1.807) is 0 Å². The Hall–Kier alpha value is -2.04. The quantitative estimate of drug-likeness (QED) is 0.827. The number of hydrogen-bond acceptors (Lipinski definition) is 3. The minimum absolute atomic E-state index is 0.178. The molecule has 1 atom stereocenters. The number of carbonyl (C=O) groups is 2. The Balaban J connectivity index is 1.87. The van der Waals surface area contributed by atoms with E-state index in [9.17, 15) is 9.59 Å². The van der Waals surface area contributed by atoms with Crippen LogP contribution in [-0.4, -0.2) is 18.5 Å².